The van der Waals surface area contributed by atoms with Gasteiger partial charge in [-0.1, -0.05) is 45.8 Å². The lowest BCUT2D eigenvalue weighted by molar-refractivity contribution is 0.153. The molecule has 29 heavy (non-hydrogen) atoms. The summed E-state index contributed by atoms with van der Waals surface area (Å²) in [5, 5.41) is 15.4. The molecular weight excluding hydrogens is 430 g/mol. The van der Waals surface area contributed by atoms with E-state index < -0.39 is 6.10 Å². The fraction of sp³-hybridized carbons (Fsp3) is 0.217. The highest BCUT2D eigenvalue weighted by molar-refractivity contribution is 9.10. The van der Waals surface area contributed by atoms with Gasteiger partial charge < -0.3 is 9.67 Å². The number of aliphatic hydroxyl groups is 1. The van der Waals surface area contributed by atoms with E-state index in [-0.39, 0.29) is 12.1 Å². The summed E-state index contributed by atoms with van der Waals surface area (Å²) in [6, 6.07) is 13.7. The number of rotatable bonds is 4. The molecule has 4 rings (SSSR count). The average Bonchev–Trinajstić information content (AvgIpc) is 3.08. The second-order valence-corrected chi connectivity index (χ2v) is 8.37. The molecule has 0 radical (unpaired) electrons. The Labute approximate surface area is 177 Å². The van der Waals surface area contributed by atoms with Crippen molar-refractivity contribution in [3.8, 4) is 11.3 Å². The van der Waals surface area contributed by atoms with Gasteiger partial charge in [0, 0.05) is 22.4 Å². The number of fused-ring (bicyclic) bond motifs is 1. The van der Waals surface area contributed by atoms with Crippen LogP contribution in [0.4, 0.5) is 0 Å². The van der Waals surface area contributed by atoms with Crippen LogP contribution in [0.25, 0.3) is 16.8 Å². The molecule has 0 aliphatic carbocycles. The molecule has 0 fully saturated rings. The summed E-state index contributed by atoms with van der Waals surface area (Å²) in [7, 11) is 0. The standard InChI is InChI=1S/C23H22BrN3O2/c1-14-9-15(2)22(16(3)10-14)21(28)13-26-7-8-27-20(23(26)29)12-19(25-27)17-5-4-6-18(24)11-17/h4-12,21,28H,13H2,1-3H3. The van der Waals surface area contributed by atoms with E-state index in [0.29, 0.717) is 5.52 Å². The van der Waals surface area contributed by atoms with Crippen LogP contribution < -0.4 is 5.56 Å². The van der Waals surface area contributed by atoms with Crippen molar-refractivity contribution in [2.45, 2.75) is 33.4 Å². The van der Waals surface area contributed by atoms with Gasteiger partial charge >= 0.3 is 0 Å². The van der Waals surface area contributed by atoms with Crippen molar-refractivity contribution in [1.82, 2.24) is 14.2 Å². The topological polar surface area (TPSA) is 59.5 Å². The van der Waals surface area contributed by atoms with Gasteiger partial charge in [-0.25, -0.2) is 4.52 Å². The maximum absolute atomic E-state index is 13.0. The third kappa shape index (κ3) is 3.78. The number of hydrogen-bond acceptors (Lipinski definition) is 3. The van der Waals surface area contributed by atoms with Gasteiger partial charge in [0.2, 0.25) is 0 Å². The molecule has 2 aromatic heterocycles. The lowest BCUT2D eigenvalue weighted by Crippen LogP contribution is -2.24. The van der Waals surface area contributed by atoms with E-state index >= 15 is 0 Å². The number of aromatic nitrogens is 3. The van der Waals surface area contributed by atoms with Crippen LogP contribution in [-0.2, 0) is 6.54 Å². The Morgan fingerprint density at radius 1 is 1.07 bits per heavy atom. The lowest BCUT2D eigenvalue weighted by Gasteiger charge is -2.18. The zero-order valence-electron chi connectivity index (χ0n) is 16.6. The zero-order valence-corrected chi connectivity index (χ0v) is 18.1. The fourth-order valence-corrected chi connectivity index (χ4v) is 4.35. The molecule has 0 aliphatic heterocycles. The summed E-state index contributed by atoms with van der Waals surface area (Å²) in [5.41, 5.74) is 6.07. The van der Waals surface area contributed by atoms with Gasteiger partial charge in [0.25, 0.3) is 5.56 Å². The zero-order chi connectivity index (χ0) is 20.7. The molecule has 2 aromatic carbocycles. The molecule has 6 heteroatoms. The van der Waals surface area contributed by atoms with Gasteiger partial charge in [-0.3, -0.25) is 4.79 Å². The van der Waals surface area contributed by atoms with E-state index in [9.17, 15) is 9.90 Å². The number of nitrogens with zero attached hydrogens (tertiary/aromatic N) is 3. The molecule has 1 N–H and O–H groups in total. The maximum atomic E-state index is 13.0. The largest absolute Gasteiger partial charge is 0.387 e. The van der Waals surface area contributed by atoms with Crippen LogP contribution in [0.3, 0.4) is 0 Å². The van der Waals surface area contributed by atoms with Crippen LogP contribution >= 0.6 is 15.9 Å². The van der Waals surface area contributed by atoms with Crippen molar-refractivity contribution in [3.05, 3.63) is 91.9 Å². The summed E-state index contributed by atoms with van der Waals surface area (Å²) < 4.78 is 4.09. The van der Waals surface area contributed by atoms with E-state index in [1.54, 1.807) is 27.5 Å². The molecule has 4 aromatic rings. The summed E-state index contributed by atoms with van der Waals surface area (Å²) in [5.74, 6) is 0. The van der Waals surface area contributed by atoms with E-state index in [2.05, 4.69) is 33.2 Å². The third-order valence-electron chi connectivity index (χ3n) is 5.16. The SMILES string of the molecule is Cc1cc(C)c(C(O)Cn2ccn3nc(-c4cccc(Br)c4)cc3c2=O)c(C)c1. The number of aliphatic hydroxyl groups excluding tert-OH is 1. The summed E-state index contributed by atoms with van der Waals surface area (Å²) in [6.07, 6.45) is 2.66. The Morgan fingerprint density at radius 2 is 1.79 bits per heavy atom. The quantitative estimate of drug-likeness (QED) is 0.493. The first-order chi connectivity index (χ1) is 13.8. The molecule has 1 unspecified atom stereocenters. The minimum Gasteiger partial charge on any atom is -0.387 e. The van der Waals surface area contributed by atoms with E-state index in [4.69, 9.17) is 0 Å². The van der Waals surface area contributed by atoms with Gasteiger partial charge in [0.15, 0.2) is 0 Å². The van der Waals surface area contributed by atoms with Gasteiger partial charge in [0.05, 0.1) is 18.3 Å². The van der Waals surface area contributed by atoms with Crippen LogP contribution in [0, 0.1) is 20.8 Å². The molecule has 5 nitrogen and oxygen atoms in total. The normalized spacial score (nSPS) is 12.4. The van der Waals surface area contributed by atoms with Gasteiger partial charge in [-0.05, 0) is 55.7 Å². The Hall–Kier alpha value is -2.70. The average molecular weight is 452 g/mol. The predicted octanol–water partition coefficient (Wildman–Crippen LogP) is 4.58. The molecule has 0 aliphatic rings. The first-order valence-electron chi connectivity index (χ1n) is 9.44. The highest BCUT2D eigenvalue weighted by atomic mass is 79.9. The smallest absolute Gasteiger partial charge is 0.276 e. The lowest BCUT2D eigenvalue weighted by atomic mass is 9.95. The molecule has 0 bridgehead atoms. The van der Waals surface area contributed by atoms with Crippen molar-refractivity contribution < 1.29 is 5.11 Å². The van der Waals surface area contributed by atoms with Crippen molar-refractivity contribution >= 4 is 21.4 Å². The number of halogens is 1. The summed E-state index contributed by atoms with van der Waals surface area (Å²) >= 11 is 3.47. The van der Waals surface area contributed by atoms with Gasteiger partial charge in [0.1, 0.15) is 5.52 Å². The van der Waals surface area contributed by atoms with E-state index in [1.165, 1.54) is 0 Å². The monoisotopic (exact) mass is 451 g/mol. The second kappa shape index (κ2) is 7.61. The van der Waals surface area contributed by atoms with Crippen LogP contribution in [-0.4, -0.2) is 19.3 Å². The Kier molecular flexibility index (Phi) is 5.15. The Balaban J connectivity index is 1.70. The first-order valence-corrected chi connectivity index (χ1v) is 10.2. The van der Waals surface area contributed by atoms with Crippen LogP contribution in [0.5, 0.6) is 0 Å². The van der Waals surface area contributed by atoms with Crippen molar-refractivity contribution in [2.75, 3.05) is 0 Å². The summed E-state index contributed by atoms with van der Waals surface area (Å²) in [4.78, 5) is 13.0. The van der Waals surface area contributed by atoms with Gasteiger partial charge in [-0.2, -0.15) is 5.10 Å². The third-order valence-corrected chi connectivity index (χ3v) is 5.66. The van der Waals surface area contributed by atoms with E-state index in [0.717, 1.165) is 38.0 Å². The fourth-order valence-electron chi connectivity index (χ4n) is 3.95. The summed E-state index contributed by atoms with van der Waals surface area (Å²) in [6.45, 7) is 6.21. The Morgan fingerprint density at radius 3 is 2.48 bits per heavy atom. The van der Waals surface area contributed by atoms with Crippen molar-refractivity contribution in [3.63, 3.8) is 0 Å². The molecular formula is C23H22BrN3O2. The Bertz CT molecular complexity index is 1250. The molecule has 0 saturated heterocycles. The van der Waals surface area contributed by atoms with E-state index in [1.807, 2.05) is 45.0 Å². The highest BCUT2D eigenvalue weighted by Gasteiger charge is 2.16. The van der Waals surface area contributed by atoms with Crippen molar-refractivity contribution in [2.24, 2.45) is 0 Å². The minimum absolute atomic E-state index is 0.178. The predicted molar refractivity (Wildman–Crippen MR) is 118 cm³/mol. The van der Waals surface area contributed by atoms with Crippen LogP contribution in [0.15, 0.2) is 64.1 Å². The number of benzene rings is 2. The second-order valence-electron chi connectivity index (χ2n) is 7.45. The van der Waals surface area contributed by atoms with Crippen LogP contribution in [0.1, 0.15) is 28.4 Å². The first kappa shape index (κ1) is 19.6. The van der Waals surface area contributed by atoms with Crippen molar-refractivity contribution in [1.29, 1.82) is 0 Å². The molecule has 2 heterocycles. The molecule has 1 atom stereocenters. The number of hydrogen-bond donors (Lipinski definition) is 1. The van der Waals surface area contributed by atoms with Crippen LogP contribution in [0.2, 0.25) is 0 Å². The number of aryl methyl sites for hydroxylation is 3. The molecule has 0 amide bonds. The highest BCUT2D eigenvalue weighted by Crippen LogP contribution is 2.25. The minimum atomic E-state index is -0.761. The maximum Gasteiger partial charge on any atom is 0.276 e. The van der Waals surface area contributed by atoms with Gasteiger partial charge in [-0.15, -0.1) is 0 Å². The molecule has 0 saturated carbocycles. The molecule has 148 valence electrons. The molecule has 0 spiro atoms.